The van der Waals surface area contributed by atoms with E-state index < -0.39 is 0 Å². The van der Waals surface area contributed by atoms with Crippen LogP contribution >= 0.6 is 0 Å². The van der Waals surface area contributed by atoms with Gasteiger partial charge in [0.2, 0.25) is 0 Å². The van der Waals surface area contributed by atoms with E-state index >= 15 is 0 Å². The molecule has 2 heteroatoms. The van der Waals surface area contributed by atoms with Crippen LogP contribution in [0.25, 0.3) is 65.9 Å². The predicted octanol–water partition coefficient (Wildman–Crippen LogP) is 20.7. The number of fused-ring (bicyclic) bond motifs is 9. The Balaban J connectivity index is 1.36. The lowest BCUT2D eigenvalue weighted by atomic mass is 9.70. The van der Waals surface area contributed by atoms with Crippen molar-refractivity contribution >= 4 is 43.6 Å². The Labute approximate surface area is 407 Å². The van der Waals surface area contributed by atoms with E-state index in [9.17, 15) is 0 Å². The van der Waals surface area contributed by atoms with Gasteiger partial charge in [-0.3, -0.25) is 0 Å². The summed E-state index contributed by atoms with van der Waals surface area (Å²) in [7, 11) is 0. The maximum Gasteiger partial charge on any atom is 0.0581 e. The Morgan fingerprint density at radius 2 is 0.836 bits per heavy atom. The number of unbranched alkanes of at least 4 members (excludes halogenated alkanes) is 20. The lowest BCUT2D eigenvalue weighted by Crippen LogP contribution is -2.25. The Hall–Kier alpha value is -4.30. The smallest absolute Gasteiger partial charge is 0.0581 e. The van der Waals surface area contributed by atoms with Gasteiger partial charge in [-0.25, -0.2) is 0 Å². The van der Waals surface area contributed by atoms with Crippen molar-refractivity contribution in [1.29, 1.82) is 0 Å². The second-order valence-corrected chi connectivity index (χ2v) is 21.2. The molecule has 2 nitrogen and oxygen atoms in total. The van der Waals surface area contributed by atoms with Crippen LogP contribution in [0.2, 0.25) is 0 Å². The second-order valence-electron chi connectivity index (χ2n) is 21.2. The van der Waals surface area contributed by atoms with Crippen molar-refractivity contribution in [2.24, 2.45) is 0 Å². The van der Waals surface area contributed by atoms with E-state index in [-0.39, 0.29) is 5.41 Å². The van der Waals surface area contributed by atoms with Crippen molar-refractivity contribution in [2.75, 3.05) is 0 Å². The molecule has 0 aliphatic heterocycles. The molecule has 0 bridgehead atoms. The minimum atomic E-state index is 0.0299. The van der Waals surface area contributed by atoms with Crippen molar-refractivity contribution in [2.45, 2.75) is 227 Å². The van der Waals surface area contributed by atoms with Crippen molar-refractivity contribution in [1.82, 2.24) is 9.13 Å². The molecule has 0 N–H and O–H groups in total. The minimum absolute atomic E-state index is 0.0299. The van der Waals surface area contributed by atoms with E-state index in [2.05, 4.69) is 136 Å². The van der Waals surface area contributed by atoms with Gasteiger partial charge in [0.15, 0.2) is 0 Å². The molecular formula is C65H88N2. The molecule has 67 heavy (non-hydrogen) atoms. The quantitative estimate of drug-likeness (QED) is 0.0415. The van der Waals surface area contributed by atoms with Crippen LogP contribution in [0, 0.1) is 13.8 Å². The number of nitrogens with zero attached hydrogens (tertiary/aromatic N) is 2. The van der Waals surface area contributed by atoms with E-state index in [1.54, 1.807) is 11.1 Å². The second kappa shape index (κ2) is 23.8. The van der Waals surface area contributed by atoms with Crippen LogP contribution < -0.4 is 0 Å². The van der Waals surface area contributed by atoms with Crippen molar-refractivity contribution in [3.8, 4) is 22.3 Å². The Bertz CT molecular complexity index is 2660. The normalized spacial score (nSPS) is 13.2. The molecule has 0 amide bonds. The highest BCUT2D eigenvalue weighted by atomic mass is 15.0. The summed E-state index contributed by atoms with van der Waals surface area (Å²) in [5, 5.41) is 5.79. The van der Waals surface area contributed by atoms with Gasteiger partial charge in [-0.1, -0.05) is 241 Å². The summed E-state index contributed by atoms with van der Waals surface area (Å²) in [6.07, 6.45) is 34.2. The number of hydrogen-bond donors (Lipinski definition) is 0. The zero-order chi connectivity index (χ0) is 46.6. The number of aryl methyl sites for hydroxylation is 4. The van der Waals surface area contributed by atoms with Crippen molar-refractivity contribution in [3.05, 3.63) is 107 Å². The van der Waals surface area contributed by atoms with Gasteiger partial charge < -0.3 is 9.13 Å². The van der Waals surface area contributed by atoms with E-state index in [1.165, 1.54) is 244 Å². The molecule has 0 saturated heterocycles. The first kappa shape index (κ1) is 49.1. The van der Waals surface area contributed by atoms with Crippen LogP contribution in [-0.4, -0.2) is 9.13 Å². The van der Waals surface area contributed by atoms with E-state index in [4.69, 9.17) is 0 Å². The van der Waals surface area contributed by atoms with Crippen LogP contribution in [0.5, 0.6) is 0 Å². The van der Waals surface area contributed by atoms with Crippen LogP contribution in [0.3, 0.4) is 0 Å². The van der Waals surface area contributed by atoms with Gasteiger partial charge >= 0.3 is 0 Å². The summed E-state index contributed by atoms with van der Waals surface area (Å²) >= 11 is 0. The van der Waals surface area contributed by atoms with Gasteiger partial charge in [0.25, 0.3) is 0 Å². The molecule has 1 aliphatic rings. The number of aromatic nitrogens is 2. The van der Waals surface area contributed by atoms with Gasteiger partial charge in [-0.2, -0.15) is 0 Å². The van der Waals surface area contributed by atoms with Crippen LogP contribution in [0.4, 0.5) is 0 Å². The fourth-order valence-electron chi connectivity index (χ4n) is 12.8. The third kappa shape index (κ3) is 10.4. The topological polar surface area (TPSA) is 9.86 Å². The van der Waals surface area contributed by atoms with Gasteiger partial charge in [0, 0.05) is 56.6 Å². The molecular weight excluding hydrogens is 809 g/mol. The maximum atomic E-state index is 2.79. The highest BCUT2D eigenvalue weighted by molar-refractivity contribution is 6.28. The molecule has 1 aliphatic carbocycles. The Morgan fingerprint density at radius 1 is 0.403 bits per heavy atom. The minimum Gasteiger partial charge on any atom is -0.340 e. The zero-order valence-electron chi connectivity index (χ0n) is 43.3. The molecule has 0 atom stereocenters. The molecule has 5 aromatic carbocycles. The lowest BCUT2D eigenvalue weighted by Gasteiger charge is -2.33. The molecule has 2 aromatic heterocycles. The number of benzene rings is 5. The first-order valence-electron chi connectivity index (χ1n) is 28.2. The number of rotatable bonds is 29. The highest BCUT2D eigenvalue weighted by Gasteiger charge is 2.43. The monoisotopic (exact) mass is 897 g/mol. The Morgan fingerprint density at radius 3 is 1.37 bits per heavy atom. The van der Waals surface area contributed by atoms with Gasteiger partial charge in [-0.05, 0) is 91.1 Å². The van der Waals surface area contributed by atoms with Crippen molar-refractivity contribution < 1.29 is 0 Å². The summed E-state index contributed by atoms with van der Waals surface area (Å²) < 4.78 is 5.55. The van der Waals surface area contributed by atoms with E-state index in [0.717, 1.165) is 13.1 Å². The summed E-state index contributed by atoms with van der Waals surface area (Å²) in [4.78, 5) is 0. The van der Waals surface area contributed by atoms with E-state index in [0.29, 0.717) is 0 Å². The fraction of sp³-hybridized carbons (Fsp3) is 0.538. The molecule has 0 fully saturated rings. The van der Waals surface area contributed by atoms with Crippen LogP contribution in [0.15, 0.2) is 84.9 Å². The standard InChI is InChI=1S/C65H88N2/c1-7-11-15-19-23-31-43-65(44-32-24-20-16-12-8-2)56-47-49(5)39-41-52(56)53-42-40-51(48-57(53)65)61-62-55-36-28-30-38-59(55)66(45-33-25-21-17-13-9-3)63(62)50(6)60-54-35-27-29-37-58(54)67(64(60)61)46-34-26-22-18-14-10-4/h27-30,35-42,47-48H,7-26,31-34,43-46H2,1-6H3. The lowest BCUT2D eigenvalue weighted by molar-refractivity contribution is 0.398. The summed E-state index contributed by atoms with van der Waals surface area (Å²) in [6, 6.07) is 34.3. The summed E-state index contributed by atoms with van der Waals surface area (Å²) in [5.41, 5.74) is 17.7. The first-order chi connectivity index (χ1) is 33.0. The van der Waals surface area contributed by atoms with Crippen LogP contribution in [0.1, 0.15) is 217 Å². The molecule has 0 unspecified atom stereocenters. The molecule has 0 radical (unpaired) electrons. The van der Waals surface area contributed by atoms with E-state index in [1.807, 2.05) is 0 Å². The summed E-state index contributed by atoms with van der Waals surface area (Å²) in [5.74, 6) is 0. The average Bonchev–Trinajstić information content (AvgIpc) is 3.95. The fourth-order valence-corrected chi connectivity index (χ4v) is 12.8. The largest absolute Gasteiger partial charge is 0.340 e. The van der Waals surface area contributed by atoms with Crippen LogP contribution in [-0.2, 0) is 18.5 Å². The average molecular weight is 897 g/mol. The molecule has 2 heterocycles. The van der Waals surface area contributed by atoms with Crippen molar-refractivity contribution in [3.63, 3.8) is 0 Å². The maximum absolute atomic E-state index is 2.79. The third-order valence-electron chi connectivity index (χ3n) is 16.3. The summed E-state index contributed by atoms with van der Waals surface area (Å²) in [6.45, 7) is 16.3. The molecule has 0 saturated carbocycles. The van der Waals surface area contributed by atoms with Gasteiger partial charge in [0.05, 0.1) is 11.0 Å². The molecule has 0 spiro atoms. The molecule has 7 aromatic rings. The Kier molecular flexibility index (Phi) is 17.5. The zero-order valence-corrected chi connectivity index (χ0v) is 43.3. The van der Waals surface area contributed by atoms with Gasteiger partial charge in [-0.15, -0.1) is 0 Å². The molecule has 8 rings (SSSR count). The molecule has 358 valence electrons. The van der Waals surface area contributed by atoms with Gasteiger partial charge in [0.1, 0.15) is 0 Å². The number of hydrogen-bond acceptors (Lipinski definition) is 0. The highest BCUT2D eigenvalue weighted by Crippen LogP contribution is 2.56. The third-order valence-corrected chi connectivity index (χ3v) is 16.3. The number of para-hydroxylation sites is 2. The SMILES string of the molecule is CCCCCCCCn1c2ccccc2c2c(-c3ccc4c(c3)C(CCCCCCCC)(CCCCCCCC)c3cc(C)ccc3-4)c3c(c(C)c21)c1ccccc1n3CCCCCCCC. The first-order valence-corrected chi connectivity index (χ1v) is 28.2. The predicted molar refractivity (Wildman–Crippen MR) is 296 cm³/mol.